The fourth-order valence-electron chi connectivity index (χ4n) is 2.31. The molecule has 0 spiro atoms. The number of halogens is 1. The molecule has 1 aromatic rings. The maximum atomic E-state index is 12.2. The summed E-state index contributed by atoms with van der Waals surface area (Å²) >= 11 is 10.3. The van der Waals surface area contributed by atoms with Crippen molar-refractivity contribution in [2.45, 2.75) is 43.2 Å². The van der Waals surface area contributed by atoms with Gasteiger partial charge in [-0.1, -0.05) is 11.6 Å². The van der Waals surface area contributed by atoms with Crippen LogP contribution in [0.4, 0.5) is 0 Å². The minimum absolute atomic E-state index is 0.121. The van der Waals surface area contributed by atoms with Crippen LogP contribution in [0.1, 0.15) is 37.0 Å². The van der Waals surface area contributed by atoms with E-state index in [0.717, 1.165) is 17.7 Å². The lowest BCUT2D eigenvalue weighted by atomic mass is 9.94. The molecular formula is C14H18ClNO2S. The maximum absolute atomic E-state index is 12.2. The summed E-state index contributed by atoms with van der Waals surface area (Å²) in [6, 6.07) is 5.26. The highest BCUT2D eigenvalue weighted by molar-refractivity contribution is 7.80. The number of carbonyl (C=O) groups is 1. The van der Waals surface area contributed by atoms with Gasteiger partial charge in [0.15, 0.2) is 0 Å². The summed E-state index contributed by atoms with van der Waals surface area (Å²) in [6.07, 6.45) is 1.63. The van der Waals surface area contributed by atoms with E-state index in [1.54, 1.807) is 18.2 Å². The first-order chi connectivity index (χ1) is 8.87. The predicted octanol–water partition coefficient (Wildman–Crippen LogP) is 3.32. The number of carbonyl (C=O) groups excluding carboxylic acids is 1. The largest absolute Gasteiger partial charge is 0.375 e. The average Bonchev–Trinajstić information content (AvgIpc) is 2.31. The first-order valence-corrected chi connectivity index (χ1v) is 7.13. The molecule has 1 aromatic carbocycles. The molecule has 0 aromatic heterocycles. The Labute approximate surface area is 124 Å². The van der Waals surface area contributed by atoms with E-state index in [1.807, 2.05) is 13.8 Å². The van der Waals surface area contributed by atoms with Crippen molar-refractivity contribution in [3.05, 3.63) is 28.8 Å². The smallest absolute Gasteiger partial charge is 0.253 e. The highest BCUT2D eigenvalue weighted by Gasteiger charge is 2.30. The van der Waals surface area contributed by atoms with E-state index in [4.69, 9.17) is 16.3 Å². The number of thiol groups is 1. The van der Waals surface area contributed by atoms with Gasteiger partial charge in [-0.05, 0) is 44.9 Å². The van der Waals surface area contributed by atoms with E-state index in [2.05, 4.69) is 17.9 Å². The monoisotopic (exact) mass is 299 g/mol. The first-order valence-electron chi connectivity index (χ1n) is 6.31. The topological polar surface area (TPSA) is 38.3 Å². The molecule has 1 unspecified atom stereocenters. The van der Waals surface area contributed by atoms with Crippen molar-refractivity contribution in [3.8, 4) is 0 Å². The molecule has 1 aliphatic rings. The van der Waals surface area contributed by atoms with E-state index in [0.29, 0.717) is 17.2 Å². The molecule has 0 aliphatic carbocycles. The van der Waals surface area contributed by atoms with Crippen LogP contribution in [-0.4, -0.2) is 24.2 Å². The lowest BCUT2D eigenvalue weighted by Gasteiger charge is -2.35. The van der Waals surface area contributed by atoms with Crippen LogP contribution in [0, 0.1) is 0 Å². The third kappa shape index (κ3) is 3.88. The lowest BCUT2D eigenvalue weighted by molar-refractivity contribution is -0.0615. The van der Waals surface area contributed by atoms with Gasteiger partial charge in [-0.25, -0.2) is 0 Å². The number of rotatable bonds is 2. The van der Waals surface area contributed by atoms with Crippen molar-refractivity contribution in [1.82, 2.24) is 5.32 Å². The van der Waals surface area contributed by atoms with E-state index in [-0.39, 0.29) is 17.6 Å². The Kier molecular flexibility index (Phi) is 4.43. The van der Waals surface area contributed by atoms with Crippen molar-refractivity contribution >= 4 is 30.1 Å². The number of benzene rings is 1. The Morgan fingerprint density at radius 3 is 2.95 bits per heavy atom. The minimum Gasteiger partial charge on any atom is -0.375 e. The number of nitrogens with one attached hydrogen (secondary N) is 1. The van der Waals surface area contributed by atoms with Crippen molar-refractivity contribution < 1.29 is 9.53 Å². The third-order valence-corrected chi connectivity index (χ3v) is 3.83. The number of ether oxygens (including phenoxy) is 1. The summed E-state index contributed by atoms with van der Waals surface area (Å²) in [5.41, 5.74) is 0.282. The van der Waals surface area contributed by atoms with Crippen LogP contribution in [0.25, 0.3) is 0 Å². The molecule has 0 bridgehead atoms. The molecular weight excluding hydrogens is 282 g/mol. The van der Waals surface area contributed by atoms with Gasteiger partial charge in [-0.2, -0.15) is 0 Å². The van der Waals surface area contributed by atoms with Crippen molar-refractivity contribution in [2.75, 3.05) is 6.61 Å². The second-order valence-electron chi connectivity index (χ2n) is 5.44. The molecule has 5 heteroatoms. The van der Waals surface area contributed by atoms with Crippen LogP contribution < -0.4 is 5.32 Å². The standard InChI is InChI=1S/C14H18ClNO2S/c1-14(2)8-9(5-6-18-14)16-13(17)11-7-10(19)3-4-12(11)15/h3-4,7,9,19H,5-6,8H2,1-2H3,(H,16,17). The molecule has 19 heavy (non-hydrogen) atoms. The van der Waals surface area contributed by atoms with Crippen LogP contribution in [0.5, 0.6) is 0 Å². The van der Waals surface area contributed by atoms with Crippen LogP contribution in [0.2, 0.25) is 5.02 Å². The summed E-state index contributed by atoms with van der Waals surface area (Å²) < 4.78 is 5.64. The van der Waals surface area contributed by atoms with E-state index < -0.39 is 0 Å². The highest BCUT2D eigenvalue weighted by atomic mass is 35.5. The van der Waals surface area contributed by atoms with Gasteiger partial charge >= 0.3 is 0 Å². The van der Waals surface area contributed by atoms with Crippen LogP contribution in [0.3, 0.4) is 0 Å². The Hall–Kier alpha value is -0.710. The van der Waals surface area contributed by atoms with Gasteiger partial charge in [0, 0.05) is 17.5 Å². The van der Waals surface area contributed by atoms with Gasteiger partial charge in [0.2, 0.25) is 0 Å². The Morgan fingerprint density at radius 2 is 2.26 bits per heavy atom. The average molecular weight is 300 g/mol. The molecule has 1 saturated heterocycles. The van der Waals surface area contributed by atoms with Crippen molar-refractivity contribution in [2.24, 2.45) is 0 Å². The molecule has 104 valence electrons. The zero-order valence-electron chi connectivity index (χ0n) is 11.1. The van der Waals surface area contributed by atoms with E-state index in [9.17, 15) is 4.79 Å². The fraction of sp³-hybridized carbons (Fsp3) is 0.500. The molecule has 1 heterocycles. The van der Waals surface area contributed by atoms with Gasteiger partial charge in [-0.3, -0.25) is 4.79 Å². The predicted molar refractivity (Wildman–Crippen MR) is 79.2 cm³/mol. The van der Waals surface area contributed by atoms with Gasteiger partial charge in [0.05, 0.1) is 16.2 Å². The SMILES string of the molecule is CC1(C)CC(NC(=O)c2cc(S)ccc2Cl)CCO1. The fourth-order valence-corrected chi connectivity index (χ4v) is 2.71. The van der Waals surface area contributed by atoms with Crippen LogP contribution >= 0.6 is 24.2 Å². The van der Waals surface area contributed by atoms with Gasteiger partial charge < -0.3 is 10.1 Å². The summed E-state index contributed by atoms with van der Waals surface area (Å²) in [4.78, 5) is 13.0. The lowest BCUT2D eigenvalue weighted by Crippen LogP contribution is -2.45. The van der Waals surface area contributed by atoms with Crippen molar-refractivity contribution in [3.63, 3.8) is 0 Å². The minimum atomic E-state index is -0.189. The van der Waals surface area contributed by atoms with Crippen molar-refractivity contribution in [1.29, 1.82) is 0 Å². The summed E-state index contributed by atoms with van der Waals surface area (Å²) in [7, 11) is 0. The molecule has 1 fully saturated rings. The molecule has 3 nitrogen and oxygen atoms in total. The first kappa shape index (κ1) is 14.7. The number of amides is 1. The summed E-state index contributed by atoms with van der Waals surface area (Å²) in [5.74, 6) is -0.149. The summed E-state index contributed by atoms with van der Waals surface area (Å²) in [5, 5.41) is 3.47. The zero-order chi connectivity index (χ0) is 14.0. The molecule has 1 atom stereocenters. The molecule has 1 amide bonds. The molecule has 2 rings (SSSR count). The normalized spacial score (nSPS) is 22.0. The number of hydrogen-bond donors (Lipinski definition) is 2. The van der Waals surface area contributed by atoms with E-state index >= 15 is 0 Å². The third-order valence-electron chi connectivity index (χ3n) is 3.23. The van der Waals surface area contributed by atoms with Gasteiger partial charge in [-0.15, -0.1) is 12.6 Å². The Balaban J connectivity index is 2.06. The maximum Gasteiger partial charge on any atom is 0.253 e. The Morgan fingerprint density at radius 1 is 1.53 bits per heavy atom. The highest BCUT2D eigenvalue weighted by Crippen LogP contribution is 2.25. The van der Waals surface area contributed by atoms with Crippen LogP contribution in [-0.2, 0) is 4.74 Å². The molecule has 0 radical (unpaired) electrons. The zero-order valence-corrected chi connectivity index (χ0v) is 12.7. The summed E-state index contributed by atoms with van der Waals surface area (Å²) in [6.45, 7) is 4.73. The Bertz CT molecular complexity index is 490. The van der Waals surface area contributed by atoms with Gasteiger partial charge in [0.25, 0.3) is 5.91 Å². The second-order valence-corrected chi connectivity index (χ2v) is 6.36. The quantitative estimate of drug-likeness (QED) is 0.822. The molecule has 1 aliphatic heterocycles. The van der Waals surface area contributed by atoms with E-state index in [1.165, 1.54) is 0 Å². The second kappa shape index (κ2) is 5.73. The number of hydrogen-bond acceptors (Lipinski definition) is 3. The molecule has 0 saturated carbocycles. The van der Waals surface area contributed by atoms with Gasteiger partial charge in [0.1, 0.15) is 0 Å². The van der Waals surface area contributed by atoms with Crippen LogP contribution in [0.15, 0.2) is 23.1 Å². The molecule has 1 N–H and O–H groups in total.